The minimum Gasteiger partial charge on any atom is -0.303 e. The van der Waals surface area contributed by atoms with E-state index >= 15 is 0 Å². The summed E-state index contributed by atoms with van der Waals surface area (Å²) in [4.78, 5) is 2.29. The van der Waals surface area contributed by atoms with Crippen molar-refractivity contribution < 1.29 is 0 Å². The van der Waals surface area contributed by atoms with E-state index in [4.69, 9.17) is 0 Å². The molecule has 18 heavy (non-hydrogen) atoms. The van der Waals surface area contributed by atoms with E-state index < -0.39 is 0 Å². The summed E-state index contributed by atoms with van der Waals surface area (Å²) in [7, 11) is 4.30. The Bertz CT molecular complexity index is 250. The fourth-order valence-electron chi connectivity index (χ4n) is 2.49. The highest BCUT2D eigenvalue weighted by Gasteiger charge is 2.12. The van der Waals surface area contributed by atoms with E-state index in [2.05, 4.69) is 52.4 Å². The van der Waals surface area contributed by atoms with Crippen LogP contribution in [0.25, 0.3) is 0 Å². The maximum Gasteiger partial charge on any atom is 0.0299 e. The van der Waals surface area contributed by atoms with Gasteiger partial charge in [0.25, 0.3) is 0 Å². The van der Waals surface area contributed by atoms with Gasteiger partial charge in [-0.2, -0.15) is 0 Å². The van der Waals surface area contributed by atoms with Gasteiger partial charge in [0, 0.05) is 6.04 Å². The minimum atomic E-state index is 0.524. The van der Waals surface area contributed by atoms with Gasteiger partial charge in [0.15, 0.2) is 0 Å². The summed E-state index contributed by atoms with van der Waals surface area (Å²) < 4.78 is 0. The molecule has 0 aromatic heterocycles. The van der Waals surface area contributed by atoms with E-state index in [1.165, 1.54) is 50.5 Å². The normalized spacial score (nSPS) is 14.0. The van der Waals surface area contributed by atoms with Crippen molar-refractivity contribution in [1.29, 1.82) is 0 Å². The molecule has 1 unspecified atom stereocenters. The van der Waals surface area contributed by atoms with Gasteiger partial charge < -0.3 is 4.90 Å². The zero-order valence-electron chi connectivity index (χ0n) is 13.3. The molecule has 0 amide bonds. The first-order chi connectivity index (χ1) is 8.52. The molecule has 0 rings (SSSR count). The fourth-order valence-corrected chi connectivity index (χ4v) is 2.49. The zero-order chi connectivity index (χ0) is 14.0. The Kier molecular flexibility index (Phi) is 10.0. The Balaban J connectivity index is 4.24. The van der Waals surface area contributed by atoms with Crippen molar-refractivity contribution in [3.8, 4) is 0 Å². The van der Waals surface area contributed by atoms with Gasteiger partial charge in [-0.25, -0.2) is 0 Å². The van der Waals surface area contributed by atoms with E-state index in [1.54, 1.807) is 5.57 Å². The van der Waals surface area contributed by atoms with Crippen LogP contribution in [0.4, 0.5) is 0 Å². The quantitative estimate of drug-likeness (QED) is 0.381. The first kappa shape index (κ1) is 17.4. The van der Waals surface area contributed by atoms with Crippen LogP contribution < -0.4 is 0 Å². The number of rotatable bonds is 10. The highest BCUT2D eigenvalue weighted by molar-refractivity contribution is 5.07. The first-order valence-corrected chi connectivity index (χ1v) is 7.52. The average Bonchev–Trinajstić information content (AvgIpc) is 2.28. The SMILES string of the molecule is C=C(C)C(CC/C(=C\CC)CCCCC)N(C)C. The van der Waals surface area contributed by atoms with Gasteiger partial charge >= 0.3 is 0 Å². The summed E-state index contributed by atoms with van der Waals surface area (Å²) >= 11 is 0. The molecule has 0 radical (unpaired) electrons. The molecule has 106 valence electrons. The number of allylic oxidation sites excluding steroid dienone is 2. The summed E-state index contributed by atoms with van der Waals surface area (Å²) in [6, 6.07) is 0.524. The van der Waals surface area contributed by atoms with Crippen LogP contribution >= 0.6 is 0 Å². The second kappa shape index (κ2) is 10.4. The summed E-state index contributed by atoms with van der Waals surface area (Å²) in [6.07, 6.45) is 11.3. The molecular weight excluding hydrogens is 218 g/mol. The number of unbranched alkanes of at least 4 members (excludes halogenated alkanes) is 2. The van der Waals surface area contributed by atoms with Gasteiger partial charge in [0.2, 0.25) is 0 Å². The Morgan fingerprint density at radius 1 is 1.17 bits per heavy atom. The molecule has 0 saturated carbocycles. The summed E-state index contributed by atoms with van der Waals surface area (Å²) in [5.74, 6) is 0. The third kappa shape index (κ3) is 7.71. The van der Waals surface area contributed by atoms with E-state index in [0.29, 0.717) is 6.04 Å². The molecular formula is C17H33N. The van der Waals surface area contributed by atoms with E-state index in [9.17, 15) is 0 Å². The van der Waals surface area contributed by atoms with Gasteiger partial charge in [-0.15, -0.1) is 0 Å². The maximum atomic E-state index is 4.11. The van der Waals surface area contributed by atoms with Crippen molar-refractivity contribution in [3.63, 3.8) is 0 Å². The van der Waals surface area contributed by atoms with Gasteiger partial charge in [-0.1, -0.05) is 50.5 Å². The van der Waals surface area contributed by atoms with Crippen molar-refractivity contribution >= 4 is 0 Å². The Hall–Kier alpha value is -0.560. The lowest BCUT2D eigenvalue weighted by molar-refractivity contribution is 0.314. The van der Waals surface area contributed by atoms with Gasteiger partial charge in [0.1, 0.15) is 0 Å². The Morgan fingerprint density at radius 3 is 2.28 bits per heavy atom. The topological polar surface area (TPSA) is 3.24 Å². The maximum absolute atomic E-state index is 4.11. The second-order valence-electron chi connectivity index (χ2n) is 5.59. The van der Waals surface area contributed by atoms with Crippen LogP contribution in [0.1, 0.15) is 65.7 Å². The molecule has 0 aromatic rings. The third-order valence-corrected chi connectivity index (χ3v) is 3.53. The van der Waals surface area contributed by atoms with Crippen molar-refractivity contribution in [2.24, 2.45) is 0 Å². The van der Waals surface area contributed by atoms with Crippen molar-refractivity contribution in [3.05, 3.63) is 23.8 Å². The molecule has 1 atom stereocenters. The average molecular weight is 251 g/mol. The smallest absolute Gasteiger partial charge is 0.0299 e. The van der Waals surface area contributed by atoms with Crippen LogP contribution in [0.2, 0.25) is 0 Å². The van der Waals surface area contributed by atoms with Crippen LogP contribution in [0, 0.1) is 0 Å². The fraction of sp³-hybridized carbons (Fsp3) is 0.765. The minimum absolute atomic E-state index is 0.524. The molecule has 0 N–H and O–H groups in total. The third-order valence-electron chi connectivity index (χ3n) is 3.53. The van der Waals surface area contributed by atoms with Crippen molar-refractivity contribution in [1.82, 2.24) is 4.90 Å². The molecule has 0 aromatic carbocycles. The highest BCUT2D eigenvalue weighted by atomic mass is 15.1. The summed E-state index contributed by atoms with van der Waals surface area (Å²) in [6.45, 7) is 10.8. The molecule has 0 aliphatic rings. The highest BCUT2D eigenvalue weighted by Crippen LogP contribution is 2.20. The van der Waals surface area contributed by atoms with Crippen LogP contribution in [-0.2, 0) is 0 Å². The lowest BCUT2D eigenvalue weighted by Crippen LogP contribution is -2.28. The number of nitrogens with zero attached hydrogens (tertiary/aromatic N) is 1. The molecule has 0 aliphatic heterocycles. The van der Waals surface area contributed by atoms with Gasteiger partial charge in [-0.3, -0.25) is 0 Å². The second-order valence-corrected chi connectivity index (χ2v) is 5.59. The molecule has 1 heteroatoms. The molecule has 0 aliphatic carbocycles. The molecule has 0 spiro atoms. The van der Waals surface area contributed by atoms with Crippen LogP contribution in [0.5, 0.6) is 0 Å². The van der Waals surface area contributed by atoms with Crippen LogP contribution in [0.3, 0.4) is 0 Å². The van der Waals surface area contributed by atoms with Gasteiger partial charge in [-0.05, 0) is 53.1 Å². The lowest BCUT2D eigenvalue weighted by Gasteiger charge is -2.25. The largest absolute Gasteiger partial charge is 0.303 e. The lowest BCUT2D eigenvalue weighted by atomic mass is 9.96. The molecule has 1 nitrogen and oxygen atoms in total. The standard InChI is InChI=1S/C17H33N/c1-7-9-10-12-16(11-8-2)13-14-17(15(3)4)18(5)6/h11,17H,3,7-10,12-14H2,1-2,4-6H3/b16-11-. The zero-order valence-corrected chi connectivity index (χ0v) is 13.3. The molecule has 0 fully saturated rings. The molecule has 0 heterocycles. The molecule has 0 saturated heterocycles. The summed E-state index contributed by atoms with van der Waals surface area (Å²) in [5.41, 5.74) is 2.93. The number of likely N-dealkylation sites (N-methyl/N-ethyl adjacent to an activating group) is 1. The summed E-state index contributed by atoms with van der Waals surface area (Å²) in [5, 5.41) is 0. The van der Waals surface area contributed by atoms with Crippen LogP contribution in [-0.4, -0.2) is 25.0 Å². The molecule has 0 bridgehead atoms. The van der Waals surface area contributed by atoms with Gasteiger partial charge in [0.05, 0.1) is 0 Å². The van der Waals surface area contributed by atoms with Crippen molar-refractivity contribution in [2.75, 3.05) is 14.1 Å². The van der Waals surface area contributed by atoms with E-state index in [1.807, 2.05) is 0 Å². The Labute approximate surface area is 115 Å². The number of hydrogen-bond donors (Lipinski definition) is 0. The predicted molar refractivity (Wildman–Crippen MR) is 84.0 cm³/mol. The first-order valence-electron chi connectivity index (χ1n) is 7.52. The van der Waals surface area contributed by atoms with Crippen LogP contribution in [0.15, 0.2) is 23.8 Å². The Morgan fingerprint density at radius 2 is 1.83 bits per heavy atom. The van der Waals surface area contributed by atoms with E-state index in [-0.39, 0.29) is 0 Å². The van der Waals surface area contributed by atoms with Crippen molar-refractivity contribution in [2.45, 2.75) is 71.8 Å². The number of hydrogen-bond acceptors (Lipinski definition) is 1. The monoisotopic (exact) mass is 251 g/mol. The predicted octanol–water partition coefficient (Wildman–Crippen LogP) is 5.19. The van der Waals surface area contributed by atoms with E-state index in [0.717, 1.165) is 0 Å².